The summed E-state index contributed by atoms with van der Waals surface area (Å²) in [4.78, 5) is 11.5. The number of ether oxygens (including phenoxy) is 1. The Balaban J connectivity index is 2.73. The zero-order valence-electron chi connectivity index (χ0n) is 8.95. The van der Waals surface area contributed by atoms with Gasteiger partial charge < -0.3 is 10.1 Å². The molecule has 3 nitrogen and oxygen atoms in total. The lowest BCUT2D eigenvalue weighted by atomic mass is 10.0. The summed E-state index contributed by atoms with van der Waals surface area (Å²) in [7, 11) is 3.37. The molecule has 0 heterocycles. The van der Waals surface area contributed by atoms with Gasteiger partial charge in [0.1, 0.15) is 0 Å². The van der Waals surface area contributed by atoms with Crippen LogP contribution in [-0.2, 0) is 11.2 Å². The first kappa shape index (κ1) is 11.7. The quantitative estimate of drug-likeness (QED) is 0.746. The first-order chi connectivity index (χ1) is 7.29. The van der Waals surface area contributed by atoms with Crippen LogP contribution in [0.25, 0.3) is 0 Å². The van der Waals surface area contributed by atoms with Crippen molar-refractivity contribution in [2.75, 3.05) is 13.2 Å². The lowest BCUT2D eigenvalue weighted by Gasteiger charge is -2.07. The summed E-state index contributed by atoms with van der Waals surface area (Å²) in [6.07, 6.45) is 0.747. The molecule has 0 fully saturated rings. The molecule has 3 heteroatoms. The SMILES string of the molecule is [CH2]NC(=O)c1ccccc1CCOCC. The molecular formula is C12H16NO2. The zero-order chi connectivity index (χ0) is 11.1. The van der Waals surface area contributed by atoms with Crippen LogP contribution in [0.5, 0.6) is 0 Å². The Kier molecular flexibility index (Phi) is 4.84. The first-order valence-corrected chi connectivity index (χ1v) is 5.02. The lowest BCUT2D eigenvalue weighted by molar-refractivity contribution is 0.0967. The molecule has 0 aliphatic carbocycles. The van der Waals surface area contributed by atoms with Gasteiger partial charge >= 0.3 is 0 Å². The zero-order valence-corrected chi connectivity index (χ0v) is 8.95. The van der Waals surface area contributed by atoms with Crippen LogP contribution >= 0.6 is 0 Å². The Morgan fingerprint density at radius 1 is 1.47 bits per heavy atom. The summed E-state index contributed by atoms with van der Waals surface area (Å²) in [5.41, 5.74) is 1.67. The maximum absolute atomic E-state index is 11.5. The molecule has 1 aromatic carbocycles. The average Bonchev–Trinajstić information content (AvgIpc) is 2.29. The molecular weight excluding hydrogens is 190 g/mol. The van der Waals surface area contributed by atoms with E-state index in [1.165, 1.54) is 0 Å². The van der Waals surface area contributed by atoms with Crippen molar-refractivity contribution in [3.63, 3.8) is 0 Å². The predicted molar refractivity (Wildman–Crippen MR) is 59.5 cm³/mol. The summed E-state index contributed by atoms with van der Waals surface area (Å²) in [6, 6.07) is 7.49. The summed E-state index contributed by atoms with van der Waals surface area (Å²) in [5, 5.41) is 2.38. The van der Waals surface area contributed by atoms with Crippen LogP contribution in [0, 0.1) is 7.05 Å². The maximum Gasteiger partial charge on any atom is 0.251 e. The molecule has 1 radical (unpaired) electrons. The smallest absolute Gasteiger partial charge is 0.251 e. The number of rotatable bonds is 5. The monoisotopic (exact) mass is 206 g/mol. The van der Waals surface area contributed by atoms with Crippen LogP contribution in [0.2, 0.25) is 0 Å². The van der Waals surface area contributed by atoms with Crippen LogP contribution < -0.4 is 5.32 Å². The molecule has 1 N–H and O–H groups in total. The van der Waals surface area contributed by atoms with Crippen LogP contribution in [0.1, 0.15) is 22.8 Å². The van der Waals surface area contributed by atoms with Crippen LogP contribution in [0.15, 0.2) is 24.3 Å². The van der Waals surface area contributed by atoms with Gasteiger partial charge in [0.15, 0.2) is 0 Å². The lowest BCUT2D eigenvalue weighted by Crippen LogP contribution is -2.18. The summed E-state index contributed by atoms with van der Waals surface area (Å²) in [6.45, 7) is 3.29. The van der Waals surface area contributed by atoms with E-state index in [0.29, 0.717) is 18.8 Å². The maximum atomic E-state index is 11.5. The predicted octanol–water partition coefficient (Wildman–Crippen LogP) is 1.79. The minimum absolute atomic E-state index is 0.151. The molecule has 1 rings (SSSR count). The van der Waals surface area contributed by atoms with Crippen molar-refractivity contribution in [1.29, 1.82) is 0 Å². The highest BCUT2D eigenvalue weighted by molar-refractivity contribution is 5.95. The highest BCUT2D eigenvalue weighted by atomic mass is 16.5. The molecule has 0 atom stereocenters. The number of hydrogen-bond donors (Lipinski definition) is 1. The molecule has 81 valence electrons. The van der Waals surface area contributed by atoms with Crippen molar-refractivity contribution < 1.29 is 9.53 Å². The second-order valence-electron chi connectivity index (χ2n) is 3.11. The normalized spacial score (nSPS) is 10.0. The Labute approximate surface area is 90.4 Å². The molecule has 0 aliphatic heterocycles. The van der Waals surface area contributed by atoms with Crippen molar-refractivity contribution in [2.45, 2.75) is 13.3 Å². The second kappa shape index (κ2) is 6.19. The van der Waals surface area contributed by atoms with Gasteiger partial charge in [-0.25, -0.2) is 0 Å². The molecule has 1 aromatic rings. The molecule has 0 aliphatic rings. The largest absolute Gasteiger partial charge is 0.381 e. The van der Waals surface area contributed by atoms with Gasteiger partial charge in [-0.15, -0.1) is 0 Å². The van der Waals surface area contributed by atoms with Crippen molar-refractivity contribution in [3.05, 3.63) is 42.4 Å². The first-order valence-electron chi connectivity index (χ1n) is 5.02. The van der Waals surface area contributed by atoms with Crippen molar-refractivity contribution in [3.8, 4) is 0 Å². The van der Waals surface area contributed by atoms with Gasteiger partial charge in [0, 0.05) is 19.2 Å². The third-order valence-corrected chi connectivity index (χ3v) is 2.14. The Hall–Kier alpha value is -1.35. The summed E-state index contributed by atoms with van der Waals surface area (Å²) >= 11 is 0. The molecule has 0 unspecified atom stereocenters. The van der Waals surface area contributed by atoms with Crippen molar-refractivity contribution in [2.24, 2.45) is 0 Å². The number of nitrogens with one attached hydrogen (secondary N) is 1. The minimum atomic E-state index is -0.151. The second-order valence-corrected chi connectivity index (χ2v) is 3.11. The van der Waals surface area contributed by atoms with Gasteiger partial charge in [-0.1, -0.05) is 18.2 Å². The Bertz CT molecular complexity index is 323. The van der Waals surface area contributed by atoms with Gasteiger partial charge in [0.2, 0.25) is 0 Å². The number of hydrogen-bond acceptors (Lipinski definition) is 2. The third-order valence-electron chi connectivity index (χ3n) is 2.14. The topological polar surface area (TPSA) is 38.3 Å². The van der Waals surface area contributed by atoms with E-state index in [0.717, 1.165) is 12.0 Å². The summed E-state index contributed by atoms with van der Waals surface area (Å²) < 4.78 is 5.26. The van der Waals surface area contributed by atoms with E-state index in [-0.39, 0.29) is 5.91 Å². The molecule has 0 spiro atoms. The molecule has 0 saturated carbocycles. The Morgan fingerprint density at radius 3 is 2.87 bits per heavy atom. The number of amides is 1. The standard InChI is InChI=1S/C12H16NO2/c1-3-15-9-8-10-6-4-5-7-11(10)12(14)13-2/h4-7H,2-3,8-9H2,1H3,(H,13,14). The van der Waals surface area contributed by atoms with Crippen LogP contribution in [0.3, 0.4) is 0 Å². The fourth-order valence-corrected chi connectivity index (χ4v) is 1.38. The van der Waals surface area contributed by atoms with Crippen LogP contribution in [-0.4, -0.2) is 19.1 Å². The average molecular weight is 206 g/mol. The number of carbonyl (C=O) groups is 1. The van der Waals surface area contributed by atoms with Gasteiger partial charge in [0.05, 0.1) is 6.61 Å². The molecule has 1 amide bonds. The molecule has 0 saturated heterocycles. The Morgan fingerprint density at radius 2 is 2.20 bits per heavy atom. The summed E-state index contributed by atoms with van der Waals surface area (Å²) in [5.74, 6) is -0.151. The van der Waals surface area contributed by atoms with E-state index >= 15 is 0 Å². The van der Waals surface area contributed by atoms with E-state index in [2.05, 4.69) is 12.4 Å². The molecule has 15 heavy (non-hydrogen) atoms. The fraction of sp³-hybridized carbons (Fsp3) is 0.333. The van der Waals surface area contributed by atoms with E-state index in [4.69, 9.17) is 4.74 Å². The number of carbonyl (C=O) groups excluding carboxylic acids is 1. The fourth-order valence-electron chi connectivity index (χ4n) is 1.38. The highest BCUT2D eigenvalue weighted by Crippen LogP contribution is 2.09. The van der Waals surface area contributed by atoms with E-state index in [1.807, 2.05) is 25.1 Å². The molecule has 0 aromatic heterocycles. The van der Waals surface area contributed by atoms with Crippen molar-refractivity contribution >= 4 is 5.91 Å². The van der Waals surface area contributed by atoms with Gasteiger partial charge in [-0.05, 0) is 25.0 Å². The van der Waals surface area contributed by atoms with E-state index in [1.54, 1.807) is 6.07 Å². The van der Waals surface area contributed by atoms with Gasteiger partial charge in [-0.3, -0.25) is 4.79 Å². The number of benzene rings is 1. The van der Waals surface area contributed by atoms with Gasteiger partial charge in [0.25, 0.3) is 5.91 Å². The van der Waals surface area contributed by atoms with E-state index in [9.17, 15) is 4.79 Å². The van der Waals surface area contributed by atoms with Crippen LogP contribution in [0.4, 0.5) is 0 Å². The third kappa shape index (κ3) is 3.36. The van der Waals surface area contributed by atoms with Crippen molar-refractivity contribution in [1.82, 2.24) is 5.32 Å². The van der Waals surface area contributed by atoms with Gasteiger partial charge in [-0.2, -0.15) is 0 Å². The van der Waals surface area contributed by atoms with E-state index < -0.39 is 0 Å². The minimum Gasteiger partial charge on any atom is -0.381 e. The highest BCUT2D eigenvalue weighted by Gasteiger charge is 2.08. The molecule has 0 bridgehead atoms.